The Morgan fingerprint density at radius 2 is 1.61 bits per heavy atom. The summed E-state index contributed by atoms with van der Waals surface area (Å²) in [5, 5.41) is 19.2. The summed E-state index contributed by atoms with van der Waals surface area (Å²) >= 11 is 5.69. The van der Waals surface area contributed by atoms with Gasteiger partial charge >= 0.3 is 6.08 Å². The summed E-state index contributed by atoms with van der Waals surface area (Å²) in [6.07, 6.45) is -1.46. The van der Waals surface area contributed by atoms with Crippen LogP contribution in [0.4, 0.5) is 37.3 Å². The van der Waals surface area contributed by atoms with E-state index in [1.54, 1.807) is 0 Å². The molecule has 4 rings (SSSR count). The lowest BCUT2D eigenvalue weighted by atomic mass is 10.1. The molecule has 13 nitrogen and oxygen atoms in total. The number of hydrogen-bond donors (Lipinski definition) is 5. The number of aromatic hydroxyl groups is 1. The Balaban J connectivity index is 1.84. The van der Waals surface area contributed by atoms with Gasteiger partial charge in [-0.3, -0.25) is 9.11 Å². The van der Waals surface area contributed by atoms with Gasteiger partial charge in [0.25, 0.3) is 20.2 Å². The van der Waals surface area contributed by atoms with Crippen LogP contribution in [0.5, 0.6) is 5.75 Å². The van der Waals surface area contributed by atoms with Gasteiger partial charge in [0.05, 0.1) is 11.1 Å². The van der Waals surface area contributed by atoms with Crippen LogP contribution in [0.25, 0.3) is 10.8 Å². The number of benzene rings is 3. The van der Waals surface area contributed by atoms with Crippen molar-refractivity contribution in [3.63, 3.8) is 0 Å². The normalized spacial score (nSPS) is 12.3. The molecular weight excluding hydrogens is 574 g/mol. The molecule has 0 unspecified atom stereocenters. The molecule has 0 bridgehead atoms. The highest BCUT2D eigenvalue weighted by Crippen LogP contribution is 2.42. The monoisotopic (exact) mass is 586 g/mol. The topological polar surface area (TPSA) is 218 Å². The number of anilines is 3. The average Bonchev–Trinajstić information content (AvgIpc) is 2.81. The maximum absolute atomic E-state index is 13.6. The largest absolute Gasteiger partial charge is 0.507 e. The number of aromatic nitrogens is 2. The molecule has 0 spiro atoms. The minimum atomic E-state index is -4.97. The first-order valence-corrected chi connectivity index (χ1v) is 13.1. The average molecular weight is 587 g/mol. The van der Waals surface area contributed by atoms with Gasteiger partial charge in [0, 0.05) is 11.1 Å². The molecule has 0 amide bonds. The Hall–Kier alpha value is -4.03. The molecular formula is C20H13ClF2N6O7S2. The van der Waals surface area contributed by atoms with E-state index in [0.717, 1.165) is 24.3 Å². The number of phenols is 1. The molecule has 18 heteroatoms. The lowest BCUT2D eigenvalue weighted by molar-refractivity contribution is 0.478. The van der Waals surface area contributed by atoms with Gasteiger partial charge in [0.2, 0.25) is 5.95 Å². The van der Waals surface area contributed by atoms with Gasteiger partial charge in [-0.25, -0.2) is 0 Å². The summed E-state index contributed by atoms with van der Waals surface area (Å²) in [4.78, 5) is 4.69. The van der Waals surface area contributed by atoms with Crippen LogP contribution in [-0.2, 0) is 20.2 Å². The van der Waals surface area contributed by atoms with Crippen molar-refractivity contribution in [2.75, 3.05) is 11.1 Å². The standard InChI is InChI=1S/C20H13ClF2N6O7S2/c21-16-18(22)26-20(23)27-19(16)25-8-1-4-11(14(7-8)38(34,35)36)28-29-17-10(24)3-2-9-13(37(31,32)33)6-5-12(30)15(9)17/h1-7,30H,24H2,(H,25,26,27)(H,31,32,33)(H,34,35,36). The van der Waals surface area contributed by atoms with E-state index in [-0.39, 0.29) is 27.8 Å². The molecule has 0 radical (unpaired) electrons. The highest BCUT2D eigenvalue weighted by atomic mass is 35.5. The van der Waals surface area contributed by atoms with E-state index in [2.05, 4.69) is 25.5 Å². The highest BCUT2D eigenvalue weighted by Gasteiger charge is 2.21. The van der Waals surface area contributed by atoms with Crippen LogP contribution in [0.1, 0.15) is 0 Å². The van der Waals surface area contributed by atoms with Gasteiger partial charge in [0.15, 0.2) is 5.82 Å². The fourth-order valence-corrected chi connectivity index (χ4v) is 4.80. The SMILES string of the molecule is Nc1ccc2c(S(=O)(=O)O)ccc(O)c2c1N=Nc1ccc(Nc2nc(F)nc(F)c2Cl)cc1S(=O)(=O)O. The van der Waals surface area contributed by atoms with Gasteiger partial charge in [0.1, 0.15) is 31.9 Å². The van der Waals surface area contributed by atoms with Crippen molar-refractivity contribution in [2.24, 2.45) is 10.2 Å². The maximum atomic E-state index is 13.6. The molecule has 198 valence electrons. The van der Waals surface area contributed by atoms with Gasteiger partial charge in [-0.1, -0.05) is 17.7 Å². The number of hydrogen-bond acceptors (Lipinski definition) is 11. The molecule has 0 aliphatic carbocycles. The number of phenolic OH excluding ortho intramolecular Hbond substituents is 1. The van der Waals surface area contributed by atoms with Crippen molar-refractivity contribution in [2.45, 2.75) is 9.79 Å². The van der Waals surface area contributed by atoms with Crippen LogP contribution < -0.4 is 11.1 Å². The van der Waals surface area contributed by atoms with Gasteiger partial charge in [-0.2, -0.15) is 35.6 Å². The Labute approximate surface area is 217 Å². The second kappa shape index (κ2) is 9.69. The summed E-state index contributed by atoms with van der Waals surface area (Å²) in [7, 11) is -9.68. The predicted octanol–water partition coefficient (Wildman–Crippen LogP) is 4.50. The van der Waals surface area contributed by atoms with Crippen LogP contribution in [0.2, 0.25) is 5.02 Å². The molecule has 3 aromatic carbocycles. The first kappa shape index (κ1) is 27.0. The van der Waals surface area contributed by atoms with E-state index < -0.39 is 64.3 Å². The number of halogens is 3. The molecule has 1 aromatic heterocycles. The molecule has 1 heterocycles. The van der Waals surface area contributed by atoms with Crippen LogP contribution in [0, 0.1) is 12.0 Å². The van der Waals surface area contributed by atoms with E-state index in [9.17, 15) is 39.8 Å². The lowest BCUT2D eigenvalue weighted by Gasteiger charge is -2.11. The highest BCUT2D eigenvalue weighted by molar-refractivity contribution is 7.86. The number of nitrogens with zero attached hydrogens (tertiary/aromatic N) is 4. The van der Waals surface area contributed by atoms with E-state index in [1.165, 1.54) is 18.2 Å². The van der Waals surface area contributed by atoms with Crippen molar-refractivity contribution in [3.8, 4) is 5.75 Å². The van der Waals surface area contributed by atoms with Crippen molar-refractivity contribution in [3.05, 3.63) is 59.5 Å². The van der Waals surface area contributed by atoms with Crippen LogP contribution in [0.3, 0.4) is 0 Å². The molecule has 0 saturated carbocycles. The zero-order chi connectivity index (χ0) is 28.0. The third kappa shape index (κ3) is 5.31. The number of nitrogen functional groups attached to an aromatic ring is 1. The fourth-order valence-electron chi connectivity index (χ4n) is 3.33. The van der Waals surface area contributed by atoms with Crippen molar-refractivity contribution in [1.82, 2.24) is 9.97 Å². The Bertz CT molecular complexity index is 1870. The third-order valence-electron chi connectivity index (χ3n) is 4.94. The third-order valence-corrected chi connectivity index (χ3v) is 7.07. The molecule has 0 atom stereocenters. The zero-order valence-corrected chi connectivity index (χ0v) is 20.7. The molecule has 0 fully saturated rings. The van der Waals surface area contributed by atoms with Crippen molar-refractivity contribution < 1.29 is 39.8 Å². The Morgan fingerprint density at radius 3 is 2.26 bits per heavy atom. The molecule has 0 aliphatic rings. The zero-order valence-electron chi connectivity index (χ0n) is 18.3. The van der Waals surface area contributed by atoms with Crippen LogP contribution in [0.15, 0.2) is 62.5 Å². The second-order valence-corrected chi connectivity index (χ2v) is 10.6. The fraction of sp³-hybridized carbons (Fsp3) is 0. The van der Waals surface area contributed by atoms with Gasteiger partial charge < -0.3 is 16.2 Å². The van der Waals surface area contributed by atoms with Crippen LogP contribution in [-0.4, -0.2) is 41.0 Å². The van der Waals surface area contributed by atoms with E-state index in [1.807, 2.05) is 0 Å². The maximum Gasteiger partial charge on any atom is 0.313 e. The molecule has 0 aliphatic heterocycles. The minimum absolute atomic E-state index is 0.113. The van der Waals surface area contributed by atoms with Gasteiger partial charge in [-0.15, -0.1) is 10.2 Å². The summed E-state index contributed by atoms with van der Waals surface area (Å²) in [5.74, 6) is -2.40. The smallest absolute Gasteiger partial charge is 0.313 e. The first-order valence-electron chi connectivity index (χ1n) is 9.87. The quantitative estimate of drug-likeness (QED) is 0.0696. The van der Waals surface area contributed by atoms with Gasteiger partial charge in [-0.05, 0) is 36.4 Å². The van der Waals surface area contributed by atoms with E-state index in [0.29, 0.717) is 0 Å². The van der Waals surface area contributed by atoms with Crippen LogP contribution >= 0.6 is 11.6 Å². The Morgan fingerprint density at radius 1 is 0.921 bits per heavy atom. The van der Waals surface area contributed by atoms with E-state index >= 15 is 0 Å². The predicted molar refractivity (Wildman–Crippen MR) is 131 cm³/mol. The number of rotatable bonds is 6. The first-order chi connectivity index (χ1) is 17.7. The second-order valence-electron chi connectivity index (χ2n) is 7.41. The molecule has 6 N–H and O–H groups in total. The summed E-state index contributed by atoms with van der Waals surface area (Å²) in [6, 6.07) is 7.40. The lowest BCUT2D eigenvalue weighted by Crippen LogP contribution is -2.04. The minimum Gasteiger partial charge on any atom is -0.507 e. The van der Waals surface area contributed by atoms with Crippen molar-refractivity contribution >= 4 is 71.2 Å². The summed E-state index contributed by atoms with van der Waals surface area (Å²) in [5.41, 5.74) is 4.92. The summed E-state index contributed by atoms with van der Waals surface area (Å²) in [6.45, 7) is 0. The number of azo groups is 1. The number of nitrogens with one attached hydrogen (secondary N) is 1. The molecule has 4 aromatic rings. The molecule has 38 heavy (non-hydrogen) atoms. The number of fused-ring (bicyclic) bond motifs is 1. The summed E-state index contributed by atoms with van der Waals surface area (Å²) < 4.78 is 93.7. The Kier molecular flexibility index (Phi) is 6.89. The molecule has 0 saturated heterocycles. The van der Waals surface area contributed by atoms with Crippen molar-refractivity contribution in [1.29, 1.82) is 0 Å². The number of nitrogens with two attached hydrogens (primary N) is 1. The van der Waals surface area contributed by atoms with E-state index in [4.69, 9.17) is 17.3 Å².